The topological polar surface area (TPSA) is 41.6 Å². The van der Waals surface area contributed by atoms with Crippen LogP contribution in [0.5, 0.6) is 0 Å². The highest BCUT2D eigenvalue weighted by Gasteiger charge is 2.31. The van der Waals surface area contributed by atoms with Gasteiger partial charge in [0.1, 0.15) is 6.17 Å². The minimum Gasteiger partial charge on any atom is -0.465 e. The van der Waals surface area contributed by atoms with Gasteiger partial charge >= 0.3 is 5.97 Å². The summed E-state index contributed by atoms with van der Waals surface area (Å²) in [5.41, 5.74) is 3.50. The molecule has 108 valence electrons. The van der Waals surface area contributed by atoms with Crippen LogP contribution < -0.4 is 5.32 Å². The highest BCUT2D eigenvalue weighted by molar-refractivity contribution is 6.30. The summed E-state index contributed by atoms with van der Waals surface area (Å²) < 4.78 is 4.84. The lowest BCUT2D eigenvalue weighted by Gasteiger charge is -2.31. The van der Waals surface area contributed by atoms with E-state index in [4.69, 9.17) is 16.3 Å². The van der Waals surface area contributed by atoms with Crippen molar-refractivity contribution < 1.29 is 9.53 Å². The van der Waals surface area contributed by atoms with Gasteiger partial charge in [-0.25, -0.2) is 4.79 Å². The average molecular weight is 303 g/mol. The Morgan fingerprint density at radius 3 is 2.95 bits per heavy atom. The summed E-state index contributed by atoms with van der Waals surface area (Å²) in [7, 11) is 1.38. The number of benzene rings is 1. The van der Waals surface area contributed by atoms with Crippen LogP contribution in [0.15, 0.2) is 54.0 Å². The third-order valence-electron chi connectivity index (χ3n) is 3.60. The number of nitrogens with zero attached hydrogens (tertiary/aromatic N) is 1. The molecule has 2 heterocycles. The van der Waals surface area contributed by atoms with Crippen molar-refractivity contribution in [1.29, 1.82) is 0 Å². The van der Waals surface area contributed by atoms with Crippen LogP contribution in [0.25, 0.3) is 5.57 Å². The van der Waals surface area contributed by atoms with Crippen molar-refractivity contribution in [1.82, 2.24) is 10.2 Å². The molecule has 0 aromatic heterocycles. The predicted octanol–water partition coefficient (Wildman–Crippen LogP) is 2.89. The standard InChI is InChI=1S/C16H15ClN2O2/c1-10-8-18-15-14(11-4-3-5-13(17)6-11)7-12(9-19(10)15)16(20)21-2/h3-9,15,18H,1-2H3. The molecule has 2 aliphatic rings. The van der Waals surface area contributed by atoms with Crippen LogP contribution in [0, 0.1) is 0 Å². The van der Waals surface area contributed by atoms with E-state index >= 15 is 0 Å². The first-order chi connectivity index (χ1) is 10.1. The molecule has 0 aliphatic carbocycles. The molecule has 21 heavy (non-hydrogen) atoms. The molecule has 4 nitrogen and oxygen atoms in total. The van der Waals surface area contributed by atoms with Gasteiger partial charge in [-0.3, -0.25) is 0 Å². The molecule has 0 saturated heterocycles. The van der Waals surface area contributed by atoms with E-state index in [1.54, 1.807) is 6.20 Å². The van der Waals surface area contributed by atoms with Gasteiger partial charge in [0.15, 0.2) is 0 Å². The lowest BCUT2D eigenvalue weighted by atomic mass is 9.97. The minimum absolute atomic E-state index is 0.0307. The number of nitrogens with one attached hydrogen (secondary N) is 1. The van der Waals surface area contributed by atoms with Crippen molar-refractivity contribution in [3.05, 3.63) is 64.6 Å². The van der Waals surface area contributed by atoms with Gasteiger partial charge in [-0.05, 0) is 30.7 Å². The summed E-state index contributed by atoms with van der Waals surface area (Å²) in [6.07, 6.45) is 5.55. The molecule has 1 unspecified atom stereocenters. The fourth-order valence-corrected chi connectivity index (χ4v) is 2.74. The summed E-state index contributed by atoms with van der Waals surface area (Å²) in [5.74, 6) is -0.354. The van der Waals surface area contributed by atoms with Crippen molar-refractivity contribution in [2.75, 3.05) is 7.11 Å². The number of ether oxygens (including phenoxy) is 1. The highest BCUT2D eigenvalue weighted by atomic mass is 35.5. The lowest BCUT2D eigenvalue weighted by molar-refractivity contribution is -0.135. The Balaban J connectivity index is 2.07. The number of halogens is 1. The number of hydrogen-bond acceptors (Lipinski definition) is 4. The van der Waals surface area contributed by atoms with Crippen molar-refractivity contribution in [2.45, 2.75) is 13.1 Å². The zero-order chi connectivity index (χ0) is 15.0. The molecule has 1 aromatic rings. The second kappa shape index (κ2) is 5.30. The first kappa shape index (κ1) is 13.8. The van der Waals surface area contributed by atoms with E-state index in [0.29, 0.717) is 10.6 Å². The van der Waals surface area contributed by atoms with E-state index in [9.17, 15) is 4.79 Å². The number of rotatable bonds is 2. The average Bonchev–Trinajstić information content (AvgIpc) is 2.87. The van der Waals surface area contributed by atoms with Crippen molar-refractivity contribution in [3.8, 4) is 0 Å². The van der Waals surface area contributed by atoms with Gasteiger partial charge < -0.3 is 15.0 Å². The molecule has 0 fully saturated rings. The van der Waals surface area contributed by atoms with Gasteiger partial charge in [0.2, 0.25) is 0 Å². The summed E-state index contributed by atoms with van der Waals surface area (Å²) in [5, 5.41) is 3.97. The van der Waals surface area contributed by atoms with Gasteiger partial charge in [-0.2, -0.15) is 0 Å². The van der Waals surface area contributed by atoms with Crippen molar-refractivity contribution in [2.24, 2.45) is 0 Å². The third-order valence-corrected chi connectivity index (χ3v) is 3.83. The normalized spacial score (nSPS) is 20.0. The van der Waals surface area contributed by atoms with Crippen LogP contribution in [0.2, 0.25) is 5.02 Å². The summed E-state index contributed by atoms with van der Waals surface area (Å²) in [6, 6.07) is 7.59. The monoisotopic (exact) mass is 302 g/mol. The smallest absolute Gasteiger partial charge is 0.339 e. The van der Waals surface area contributed by atoms with E-state index < -0.39 is 0 Å². The maximum absolute atomic E-state index is 11.9. The van der Waals surface area contributed by atoms with Crippen LogP contribution in [-0.2, 0) is 9.53 Å². The van der Waals surface area contributed by atoms with E-state index in [2.05, 4.69) is 5.32 Å². The largest absolute Gasteiger partial charge is 0.465 e. The molecule has 0 radical (unpaired) electrons. The van der Waals surface area contributed by atoms with Crippen LogP contribution in [0.4, 0.5) is 0 Å². The fraction of sp³-hybridized carbons (Fsp3) is 0.188. The summed E-state index contributed by atoms with van der Waals surface area (Å²) >= 11 is 6.08. The van der Waals surface area contributed by atoms with Crippen LogP contribution in [0.1, 0.15) is 12.5 Å². The minimum atomic E-state index is -0.354. The van der Waals surface area contributed by atoms with Gasteiger partial charge in [0.25, 0.3) is 0 Å². The number of hydrogen-bond donors (Lipinski definition) is 1. The number of carbonyl (C=O) groups excluding carboxylic acids is 1. The molecule has 0 saturated carbocycles. The number of fused-ring (bicyclic) bond motifs is 1. The maximum atomic E-state index is 11.9. The molecule has 0 spiro atoms. The van der Waals surface area contributed by atoms with Crippen molar-refractivity contribution >= 4 is 23.1 Å². The molecule has 0 bridgehead atoms. The molecule has 0 amide bonds. The second-order valence-electron chi connectivity index (χ2n) is 4.95. The van der Waals surface area contributed by atoms with E-state index in [1.807, 2.05) is 48.4 Å². The number of esters is 1. The Hall–Kier alpha value is -2.20. The Kier molecular flexibility index (Phi) is 3.47. The van der Waals surface area contributed by atoms with E-state index in [1.165, 1.54) is 7.11 Å². The first-order valence-electron chi connectivity index (χ1n) is 6.59. The molecule has 3 rings (SSSR count). The zero-order valence-electron chi connectivity index (χ0n) is 11.8. The molecular formula is C16H15ClN2O2. The second-order valence-corrected chi connectivity index (χ2v) is 5.38. The lowest BCUT2D eigenvalue weighted by Crippen LogP contribution is -2.37. The SMILES string of the molecule is COC(=O)C1=CN2C(C)=CNC2C(c2cccc(Cl)c2)=C1. The summed E-state index contributed by atoms with van der Waals surface area (Å²) in [6.45, 7) is 1.99. The molecule has 1 atom stereocenters. The Labute approximate surface area is 128 Å². The quantitative estimate of drug-likeness (QED) is 0.853. The molecule has 5 heteroatoms. The van der Waals surface area contributed by atoms with Crippen LogP contribution in [0.3, 0.4) is 0 Å². The molecule has 1 N–H and O–H groups in total. The highest BCUT2D eigenvalue weighted by Crippen LogP contribution is 2.33. The Bertz CT molecular complexity index is 691. The molecule has 1 aromatic carbocycles. The molecular weight excluding hydrogens is 288 g/mol. The van der Waals surface area contributed by atoms with Gasteiger partial charge in [0, 0.05) is 28.7 Å². The fourth-order valence-electron chi connectivity index (χ4n) is 2.55. The van der Waals surface area contributed by atoms with E-state index in [-0.39, 0.29) is 12.1 Å². The number of allylic oxidation sites excluding steroid dienone is 1. The van der Waals surface area contributed by atoms with E-state index in [0.717, 1.165) is 16.8 Å². The van der Waals surface area contributed by atoms with Crippen LogP contribution >= 0.6 is 11.6 Å². The van der Waals surface area contributed by atoms with Gasteiger partial charge in [-0.1, -0.05) is 23.7 Å². The molecule has 2 aliphatic heterocycles. The third kappa shape index (κ3) is 2.43. The maximum Gasteiger partial charge on any atom is 0.339 e. The predicted molar refractivity (Wildman–Crippen MR) is 82.0 cm³/mol. The number of carbonyl (C=O) groups is 1. The van der Waals surface area contributed by atoms with Crippen LogP contribution in [-0.4, -0.2) is 24.1 Å². The zero-order valence-corrected chi connectivity index (χ0v) is 12.5. The summed E-state index contributed by atoms with van der Waals surface area (Å²) in [4.78, 5) is 13.9. The van der Waals surface area contributed by atoms with Gasteiger partial charge in [-0.15, -0.1) is 0 Å². The van der Waals surface area contributed by atoms with Crippen molar-refractivity contribution in [3.63, 3.8) is 0 Å². The van der Waals surface area contributed by atoms with Gasteiger partial charge in [0.05, 0.1) is 12.7 Å². The Morgan fingerprint density at radius 2 is 2.24 bits per heavy atom. The number of methoxy groups -OCH3 is 1. The first-order valence-corrected chi connectivity index (χ1v) is 6.97. The Morgan fingerprint density at radius 1 is 1.43 bits per heavy atom.